The maximum atomic E-state index is 12.8. The number of aryl methyl sites for hydroxylation is 1. The Balaban J connectivity index is 1.79. The summed E-state index contributed by atoms with van der Waals surface area (Å²) in [6, 6.07) is 5.52. The molecule has 0 saturated carbocycles. The normalized spacial score (nSPS) is 15.3. The summed E-state index contributed by atoms with van der Waals surface area (Å²) >= 11 is 0. The number of hydrogen-bond acceptors (Lipinski definition) is 6. The van der Waals surface area contributed by atoms with Crippen molar-refractivity contribution in [2.45, 2.75) is 12.8 Å². The van der Waals surface area contributed by atoms with Crippen molar-refractivity contribution in [1.82, 2.24) is 14.5 Å². The summed E-state index contributed by atoms with van der Waals surface area (Å²) < 4.78 is 7.11. The van der Waals surface area contributed by atoms with Gasteiger partial charge >= 0.3 is 5.82 Å². The van der Waals surface area contributed by atoms with Crippen LogP contribution in [0.15, 0.2) is 30.0 Å². The fourth-order valence-corrected chi connectivity index (χ4v) is 3.00. The number of allylic oxidation sites excluding steroid dienone is 1. The van der Waals surface area contributed by atoms with E-state index in [2.05, 4.69) is 4.98 Å². The number of nitro groups is 1. The number of Topliss-reactive ketones (excluding diaryl/α,β-unsaturated/α-hetero) is 1. The van der Waals surface area contributed by atoms with Gasteiger partial charge < -0.3 is 19.8 Å². The molecule has 142 valence electrons. The van der Waals surface area contributed by atoms with E-state index in [0.717, 1.165) is 17.9 Å². The number of nitrogens with zero attached hydrogens (tertiary/aromatic N) is 4. The van der Waals surface area contributed by atoms with Gasteiger partial charge in [0.25, 0.3) is 0 Å². The van der Waals surface area contributed by atoms with Gasteiger partial charge in [0, 0.05) is 23.8 Å². The highest BCUT2D eigenvalue weighted by atomic mass is 16.6. The van der Waals surface area contributed by atoms with Crippen molar-refractivity contribution < 1.29 is 14.5 Å². The molecule has 1 aromatic heterocycles. The lowest BCUT2D eigenvalue weighted by molar-refractivity contribution is -0.391. The second kappa shape index (κ2) is 7.71. The van der Waals surface area contributed by atoms with Crippen LogP contribution in [0.4, 0.5) is 5.82 Å². The fourth-order valence-electron chi connectivity index (χ4n) is 3.00. The SMILES string of the molecule is CN(C)CCOc1ccc2c(c1)CCC(=Cc1ncc([N+](=O)[O-])n1C)C2=O. The van der Waals surface area contributed by atoms with Gasteiger partial charge in [-0.25, -0.2) is 9.55 Å². The van der Waals surface area contributed by atoms with Crippen LogP contribution < -0.4 is 4.74 Å². The molecule has 1 aromatic carbocycles. The molecule has 0 radical (unpaired) electrons. The zero-order valence-electron chi connectivity index (χ0n) is 15.6. The van der Waals surface area contributed by atoms with Crippen LogP contribution in [0, 0.1) is 10.1 Å². The summed E-state index contributed by atoms with van der Waals surface area (Å²) in [5.41, 5.74) is 2.22. The van der Waals surface area contributed by atoms with Crippen molar-refractivity contribution in [1.29, 1.82) is 0 Å². The Morgan fingerprint density at radius 3 is 2.81 bits per heavy atom. The summed E-state index contributed by atoms with van der Waals surface area (Å²) in [6.45, 7) is 1.40. The summed E-state index contributed by atoms with van der Waals surface area (Å²) in [5.74, 6) is 0.986. The van der Waals surface area contributed by atoms with Gasteiger partial charge in [0.1, 0.15) is 18.6 Å². The van der Waals surface area contributed by atoms with E-state index >= 15 is 0 Å². The topological polar surface area (TPSA) is 90.5 Å². The standard InChI is InChI=1S/C19H22N4O4/c1-21(2)8-9-27-15-6-7-16-13(10-15)4-5-14(19(16)24)11-17-20-12-18(22(17)3)23(25)26/h6-7,10-12H,4-5,8-9H2,1-3H3. The van der Waals surface area contributed by atoms with Gasteiger partial charge in [0.15, 0.2) is 5.78 Å². The van der Waals surface area contributed by atoms with E-state index in [0.29, 0.717) is 36.4 Å². The predicted octanol–water partition coefficient (Wildman–Crippen LogP) is 2.48. The summed E-state index contributed by atoms with van der Waals surface area (Å²) in [7, 11) is 5.54. The molecule has 0 spiro atoms. The lowest BCUT2D eigenvalue weighted by Gasteiger charge is -2.18. The highest BCUT2D eigenvalue weighted by Crippen LogP contribution is 2.29. The molecule has 0 N–H and O–H groups in total. The van der Waals surface area contributed by atoms with E-state index in [4.69, 9.17) is 4.74 Å². The Hall–Kier alpha value is -3.00. The number of ether oxygens (including phenoxy) is 1. The number of likely N-dealkylation sites (N-methyl/N-ethyl adjacent to an activating group) is 1. The summed E-state index contributed by atoms with van der Waals surface area (Å²) in [4.78, 5) is 29.3. The lowest BCUT2D eigenvalue weighted by atomic mass is 9.86. The van der Waals surface area contributed by atoms with Crippen LogP contribution in [0.3, 0.4) is 0 Å². The quantitative estimate of drug-likeness (QED) is 0.441. The second-order valence-electron chi connectivity index (χ2n) is 6.76. The van der Waals surface area contributed by atoms with E-state index in [1.165, 1.54) is 10.8 Å². The predicted molar refractivity (Wildman–Crippen MR) is 101 cm³/mol. The molecule has 0 amide bonds. The average molecular weight is 370 g/mol. The van der Waals surface area contributed by atoms with Gasteiger partial charge in [-0.3, -0.25) is 4.79 Å². The maximum absolute atomic E-state index is 12.8. The molecule has 0 saturated heterocycles. The molecule has 0 aliphatic heterocycles. The summed E-state index contributed by atoms with van der Waals surface area (Å²) in [6.07, 6.45) is 4.11. The number of hydrogen-bond donors (Lipinski definition) is 0. The van der Waals surface area contributed by atoms with Crippen LogP contribution in [0.25, 0.3) is 6.08 Å². The van der Waals surface area contributed by atoms with E-state index in [1.807, 2.05) is 25.1 Å². The lowest BCUT2D eigenvalue weighted by Crippen LogP contribution is -2.20. The third kappa shape index (κ3) is 4.06. The monoisotopic (exact) mass is 370 g/mol. The minimum atomic E-state index is -0.495. The molecular formula is C19H22N4O4. The molecular weight excluding hydrogens is 348 g/mol. The third-order valence-electron chi connectivity index (χ3n) is 4.57. The van der Waals surface area contributed by atoms with Gasteiger partial charge in [-0.1, -0.05) is 0 Å². The average Bonchev–Trinajstić information content (AvgIpc) is 2.98. The first-order valence-corrected chi connectivity index (χ1v) is 8.68. The number of imidazole rings is 1. The van der Waals surface area contributed by atoms with E-state index in [9.17, 15) is 14.9 Å². The zero-order valence-corrected chi connectivity index (χ0v) is 15.6. The minimum absolute atomic E-state index is 0.0678. The van der Waals surface area contributed by atoms with Crippen LogP contribution in [0.5, 0.6) is 5.75 Å². The largest absolute Gasteiger partial charge is 0.492 e. The molecule has 0 bridgehead atoms. The van der Waals surface area contributed by atoms with Crippen LogP contribution >= 0.6 is 0 Å². The molecule has 27 heavy (non-hydrogen) atoms. The number of fused-ring (bicyclic) bond motifs is 1. The zero-order chi connectivity index (χ0) is 19.6. The van der Waals surface area contributed by atoms with Crippen molar-refractivity contribution in [2.24, 2.45) is 7.05 Å². The number of rotatable bonds is 6. The van der Waals surface area contributed by atoms with Gasteiger partial charge in [0.05, 0.1) is 7.05 Å². The first-order valence-electron chi connectivity index (χ1n) is 8.68. The molecule has 1 heterocycles. The molecule has 2 aromatic rings. The molecule has 1 aliphatic carbocycles. The number of ketones is 1. The Kier molecular flexibility index (Phi) is 5.36. The van der Waals surface area contributed by atoms with Crippen molar-refractivity contribution >= 4 is 17.7 Å². The highest BCUT2D eigenvalue weighted by Gasteiger charge is 2.24. The highest BCUT2D eigenvalue weighted by molar-refractivity contribution is 6.13. The molecule has 3 rings (SSSR count). The fraction of sp³-hybridized carbons (Fsp3) is 0.368. The van der Waals surface area contributed by atoms with E-state index in [-0.39, 0.29) is 11.6 Å². The van der Waals surface area contributed by atoms with Crippen molar-refractivity contribution in [3.05, 3.63) is 57.0 Å². The molecule has 8 nitrogen and oxygen atoms in total. The number of carbonyl (C=O) groups excluding carboxylic acids is 1. The van der Waals surface area contributed by atoms with Crippen molar-refractivity contribution in [3.63, 3.8) is 0 Å². The molecule has 0 fully saturated rings. The van der Waals surface area contributed by atoms with Gasteiger partial charge in [-0.15, -0.1) is 0 Å². The molecule has 1 aliphatic rings. The Morgan fingerprint density at radius 2 is 2.15 bits per heavy atom. The number of aromatic nitrogens is 2. The third-order valence-corrected chi connectivity index (χ3v) is 4.57. The maximum Gasteiger partial charge on any atom is 0.342 e. The Labute approximate surface area is 157 Å². The molecule has 0 atom stereocenters. The van der Waals surface area contributed by atoms with Crippen LogP contribution in [-0.4, -0.2) is 52.4 Å². The second-order valence-corrected chi connectivity index (χ2v) is 6.76. The Morgan fingerprint density at radius 1 is 1.37 bits per heavy atom. The first kappa shape index (κ1) is 18.8. The first-order chi connectivity index (χ1) is 12.9. The van der Waals surface area contributed by atoms with Crippen molar-refractivity contribution in [3.8, 4) is 5.75 Å². The van der Waals surface area contributed by atoms with E-state index < -0.39 is 4.92 Å². The molecule has 0 unspecified atom stereocenters. The minimum Gasteiger partial charge on any atom is -0.492 e. The van der Waals surface area contributed by atoms with Gasteiger partial charge in [0.2, 0.25) is 5.82 Å². The van der Waals surface area contributed by atoms with Crippen molar-refractivity contribution in [2.75, 3.05) is 27.2 Å². The number of carbonyl (C=O) groups is 1. The summed E-state index contributed by atoms with van der Waals surface area (Å²) in [5, 5.41) is 10.9. The van der Waals surface area contributed by atoms with Crippen LogP contribution in [0.2, 0.25) is 0 Å². The Bertz CT molecular complexity index is 914. The van der Waals surface area contributed by atoms with Crippen LogP contribution in [0.1, 0.15) is 28.2 Å². The van der Waals surface area contributed by atoms with Gasteiger partial charge in [-0.2, -0.15) is 0 Å². The smallest absolute Gasteiger partial charge is 0.342 e. The van der Waals surface area contributed by atoms with Crippen LogP contribution in [-0.2, 0) is 13.5 Å². The molecule has 8 heteroatoms. The van der Waals surface area contributed by atoms with Gasteiger partial charge in [-0.05, 0) is 55.6 Å². The van der Waals surface area contributed by atoms with E-state index in [1.54, 1.807) is 25.3 Å². The number of benzene rings is 1.